The number of hydrogen-bond donors (Lipinski definition) is 1. The van der Waals surface area contributed by atoms with Crippen molar-refractivity contribution in [3.63, 3.8) is 0 Å². The maximum absolute atomic E-state index is 5.06. The van der Waals surface area contributed by atoms with Crippen LogP contribution in [0.2, 0.25) is 0 Å². The first-order chi connectivity index (χ1) is 2.27. The topological polar surface area (TPSA) is 38.4 Å². The maximum Gasteiger partial charge on any atom is 0.0933 e. The van der Waals surface area contributed by atoms with E-state index in [0.717, 1.165) is 0 Å². The van der Waals surface area contributed by atoms with E-state index in [2.05, 4.69) is 11.7 Å². The van der Waals surface area contributed by atoms with Gasteiger partial charge in [0.15, 0.2) is 0 Å². The molecule has 2 N–H and O–H groups in total. The summed E-state index contributed by atoms with van der Waals surface area (Å²) in [5, 5.41) is 0. The maximum atomic E-state index is 5.06. The molecule has 0 radical (unpaired) electrons. The fourth-order valence-electron chi connectivity index (χ4n) is 0. The van der Waals surface area contributed by atoms with E-state index in [1.807, 2.05) is 0 Å². The minimum atomic E-state index is -0.102. The van der Waals surface area contributed by atoms with Crippen molar-refractivity contribution in [1.82, 2.24) is 0 Å². The third-order valence-electron chi connectivity index (χ3n) is 0.288. The van der Waals surface area contributed by atoms with Crippen molar-refractivity contribution in [2.75, 3.05) is 0 Å². The lowest BCUT2D eigenvalue weighted by atomic mass is 10.6. The van der Waals surface area contributed by atoms with Crippen molar-refractivity contribution in [1.29, 1.82) is 0 Å². The number of rotatable bonds is 1. The average molecular weight is 72.1 g/mol. The lowest BCUT2D eigenvalue weighted by molar-refractivity contribution is 0.800. The molecule has 2 nitrogen and oxygen atoms in total. The molecule has 0 aliphatic carbocycles. The normalized spacial score (nSPS) is 14.0. The van der Waals surface area contributed by atoms with Crippen LogP contribution in [0.1, 0.15) is 6.92 Å². The lowest BCUT2D eigenvalue weighted by Gasteiger charge is -1.86. The molecule has 0 aromatic carbocycles. The molecule has 0 aliphatic heterocycles. The van der Waals surface area contributed by atoms with E-state index in [-0.39, 0.29) is 6.17 Å². The highest BCUT2D eigenvalue weighted by Gasteiger charge is 1.73. The first-order valence-electron chi connectivity index (χ1n) is 1.49. The van der Waals surface area contributed by atoms with Crippen LogP contribution >= 0.6 is 0 Å². The molecule has 0 aromatic heterocycles. The Kier molecular flexibility index (Phi) is 1.76. The highest BCUT2D eigenvalue weighted by atomic mass is 14.9. The van der Waals surface area contributed by atoms with Crippen molar-refractivity contribution in [2.45, 2.75) is 13.1 Å². The average Bonchev–Trinajstić information content (AvgIpc) is 1.38. The van der Waals surface area contributed by atoms with Crippen molar-refractivity contribution in [2.24, 2.45) is 10.7 Å². The van der Waals surface area contributed by atoms with Crippen LogP contribution in [0.25, 0.3) is 0 Å². The zero-order chi connectivity index (χ0) is 4.28. The summed E-state index contributed by atoms with van der Waals surface area (Å²) in [4.78, 5) is 3.42. The molecule has 5 heavy (non-hydrogen) atoms. The zero-order valence-corrected chi connectivity index (χ0v) is 3.31. The summed E-state index contributed by atoms with van der Waals surface area (Å²) in [6.07, 6.45) is -0.102. The number of nitrogens with zero attached hydrogens (tertiary/aromatic N) is 1. The molecule has 0 heterocycles. The van der Waals surface area contributed by atoms with Crippen LogP contribution in [0.4, 0.5) is 0 Å². The Balaban J connectivity index is 2.83. The largest absolute Gasteiger partial charge is 0.310 e. The summed E-state index contributed by atoms with van der Waals surface area (Å²) >= 11 is 0. The standard InChI is InChI=1S/C3H8N2/c1-3(4)5-2/h3H,2,4H2,1H3/t3-/m0/s1. The molecule has 0 bridgehead atoms. The Morgan fingerprint density at radius 3 is 2.20 bits per heavy atom. The SMILES string of the molecule is C=N[C@@H](C)N. The predicted octanol–water partition coefficient (Wildman–Crippen LogP) is -0.00830. The van der Waals surface area contributed by atoms with E-state index in [1.165, 1.54) is 0 Å². The summed E-state index contributed by atoms with van der Waals surface area (Å²) in [5.74, 6) is 0. The lowest BCUT2D eigenvalue weighted by Crippen LogP contribution is -2.09. The number of aliphatic imine (C=N–C) groups is 1. The summed E-state index contributed by atoms with van der Waals surface area (Å²) in [5.41, 5.74) is 5.06. The van der Waals surface area contributed by atoms with Crippen LogP contribution in [0.5, 0.6) is 0 Å². The van der Waals surface area contributed by atoms with Gasteiger partial charge in [-0.05, 0) is 13.6 Å². The third-order valence-corrected chi connectivity index (χ3v) is 0.288. The summed E-state index contributed by atoms with van der Waals surface area (Å²) in [7, 11) is 0. The first-order valence-corrected chi connectivity index (χ1v) is 1.49. The summed E-state index contributed by atoms with van der Waals surface area (Å²) in [6.45, 7) is 4.96. The Hall–Kier alpha value is -0.370. The Morgan fingerprint density at radius 2 is 2.20 bits per heavy atom. The Labute approximate surface area is 31.7 Å². The molecule has 0 rings (SSSR count). The Bertz CT molecular complexity index is 31.9. The molecule has 1 atom stereocenters. The summed E-state index contributed by atoms with van der Waals surface area (Å²) in [6, 6.07) is 0. The highest BCUT2D eigenvalue weighted by Crippen LogP contribution is 1.66. The zero-order valence-electron chi connectivity index (χ0n) is 3.31. The Morgan fingerprint density at radius 1 is 2.00 bits per heavy atom. The molecule has 30 valence electrons. The first kappa shape index (κ1) is 4.63. The second-order valence-corrected chi connectivity index (χ2v) is 0.923. The van der Waals surface area contributed by atoms with Gasteiger partial charge in [-0.1, -0.05) is 0 Å². The predicted molar refractivity (Wildman–Crippen MR) is 23.2 cm³/mol. The van der Waals surface area contributed by atoms with Crippen LogP contribution in [-0.2, 0) is 0 Å². The van der Waals surface area contributed by atoms with E-state index in [4.69, 9.17) is 5.73 Å². The third kappa shape index (κ3) is 3.63. The van der Waals surface area contributed by atoms with Gasteiger partial charge in [0.1, 0.15) is 0 Å². The van der Waals surface area contributed by atoms with Crippen molar-refractivity contribution in [3.05, 3.63) is 0 Å². The van der Waals surface area contributed by atoms with E-state index in [1.54, 1.807) is 6.92 Å². The van der Waals surface area contributed by atoms with Gasteiger partial charge in [0.2, 0.25) is 0 Å². The molecule has 0 saturated carbocycles. The number of nitrogens with two attached hydrogens (primary N) is 1. The molecule has 0 amide bonds. The van der Waals surface area contributed by atoms with Gasteiger partial charge in [0, 0.05) is 0 Å². The fraction of sp³-hybridized carbons (Fsp3) is 0.667. The highest BCUT2D eigenvalue weighted by molar-refractivity contribution is 5.23. The van der Waals surface area contributed by atoms with Crippen LogP contribution in [0.3, 0.4) is 0 Å². The molecule has 0 aliphatic rings. The quantitative estimate of drug-likeness (QED) is 0.435. The van der Waals surface area contributed by atoms with Gasteiger partial charge in [-0.2, -0.15) is 0 Å². The molecule has 0 saturated heterocycles. The molecule has 0 spiro atoms. The van der Waals surface area contributed by atoms with Gasteiger partial charge in [0.05, 0.1) is 6.17 Å². The van der Waals surface area contributed by atoms with E-state index < -0.39 is 0 Å². The van der Waals surface area contributed by atoms with Crippen molar-refractivity contribution >= 4 is 6.72 Å². The van der Waals surface area contributed by atoms with Crippen LogP contribution in [0.15, 0.2) is 4.99 Å². The van der Waals surface area contributed by atoms with Crippen LogP contribution in [-0.4, -0.2) is 12.9 Å². The minimum Gasteiger partial charge on any atom is -0.310 e. The fourth-order valence-corrected chi connectivity index (χ4v) is 0. The van der Waals surface area contributed by atoms with Crippen molar-refractivity contribution in [3.8, 4) is 0 Å². The van der Waals surface area contributed by atoms with Crippen LogP contribution < -0.4 is 5.73 Å². The van der Waals surface area contributed by atoms with Crippen molar-refractivity contribution < 1.29 is 0 Å². The molecule has 0 fully saturated rings. The molecular formula is C3H8N2. The van der Waals surface area contributed by atoms with Gasteiger partial charge in [-0.3, -0.25) is 4.99 Å². The van der Waals surface area contributed by atoms with E-state index >= 15 is 0 Å². The molecular weight excluding hydrogens is 64.0 g/mol. The number of hydrogen-bond acceptors (Lipinski definition) is 2. The van der Waals surface area contributed by atoms with E-state index in [9.17, 15) is 0 Å². The second kappa shape index (κ2) is 1.91. The van der Waals surface area contributed by atoms with Gasteiger partial charge < -0.3 is 5.73 Å². The summed E-state index contributed by atoms with van der Waals surface area (Å²) < 4.78 is 0. The second-order valence-electron chi connectivity index (χ2n) is 0.923. The molecule has 0 unspecified atom stereocenters. The van der Waals surface area contributed by atoms with E-state index in [0.29, 0.717) is 0 Å². The van der Waals surface area contributed by atoms with Gasteiger partial charge >= 0.3 is 0 Å². The van der Waals surface area contributed by atoms with Gasteiger partial charge in [-0.25, -0.2) is 0 Å². The van der Waals surface area contributed by atoms with Gasteiger partial charge in [0.25, 0.3) is 0 Å². The molecule has 0 aromatic rings. The minimum absolute atomic E-state index is 0.102. The monoisotopic (exact) mass is 72.1 g/mol. The smallest absolute Gasteiger partial charge is 0.0933 e. The van der Waals surface area contributed by atoms with Crippen LogP contribution in [0, 0.1) is 0 Å². The van der Waals surface area contributed by atoms with Gasteiger partial charge in [-0.15, -0.1) is 0 Å². The molecule has 2 heteroatoms.